The minimum absolute atomic E-state index is 0.0489. The molecule has 0 atom stereocenters. The third-order valence-corrected chi connectivity index (χ3v) is 6.87. The summed E-state index contributed by atoms with van der Waals surface area (Å²) in [6.07, 6.45) is 3.01. The van der Waals surface area contributed by atoms with Gasteiger partial charge in [0.15, 0.2) is 0 Å². The lowest BCUT2D eigenvalue weighted by Gasteiger charge is -2.35. The van der Waals surface area contributed by atoms with E-state index in [1.54, 1.807) is 0 Å². The third-order valence-electron chi connectivity index (χ3n) is 5.03. The Kier molecular flexibility index (Phi) is 7.34. The fourth-order valence-electron chi connectivity index (χ4n) is 3.46. The van der Waals surface area contributed by atoms with Crippen LogP contribution in [0.25, 0.3) is 0 Å². The normalized spacial score (nSPS) is 15.0. The molecule has 1 aliphatic heterocycles. The lowest BCUT2D eigenvalue weighted by molar-refractivity contribution is 0.0954. The maximum atomic E-state index is 13.3. The van der Waals surface area contributed by atoms with Crippen LogP contribution in [-0.2, 0) is 16.6 Å². The Morgan fingerprint density at radius 3 is 2.58 bits per heavy atom. The van der Waals surface area contributed by atoms with Gasteiger partial charge in [-0.1, -0.05) is 18.2 Å². The number of hydrogen-bond donors (Lipinski definition) is 1. The van der Waals surface area contributed by atoms with E-state index in [1.165, 1.54) is 21.3 Å². The number of anilines is 1. The van der Waals surface area contributed by atoms with Crippen LogP contribution in [0.15, 0.2) is 48.1 Å². The van der Waals surface area contributed by atoms with Gasteiger partial charge >= 0.3 is 0 Å². The summed E-state index contributed by atoms with van der Waals surface area (Å²) in [5.74, 6) is 0.298. The van der Waals surface area contributed by atoms with Gasteiger partial charge in [-0.2, -0.15) is 9.40 Å². The molecule has 0 spiro atoms. The number of aryl methyl sites for hydroxylation is 1. The Morgan fingerprint density at radius 2 is 1.94 bits per heavy atom. The van der Waals surface area contributed by atoms with Gasteiger partial charge in [-0.25, -0.2) is 8.42 Å². The number of sulfonamides is 1. The lowest BCUT2D eigenvalue weighted by atomic mass is 10.2. The van der Waals surface area contributed by atoms with E-state index in [4.69, 9.17) is 4.74 Å². The number of piperazine rings is 1. The Morgan fingerprint density at radius 1 is 1.23 bits per heavy atom. The predicted octanol–water partition coefficient (Wildman–Crippen LogP) is 1.73. The number of ether oxygens (including phenoxy) is 1. The van der Waals surface area contributed by atoms with Gasteiger partial charge in [0, 0.05) is 45.5 Å². The average Bonchev–Trinajstić information content (AvgIpc) is 3.24. The molecule has 0 aliphatic carbocycles. The Bertz CT molecular complexity index is 1030. The van der Waals surface area contributed by atoms with Gasteiger partial charge < -0.3 is 15.0 Å². The molecule has 0 saturated carbocycles. The molecule has 0 unspecified atom stereocenters. The van der Waals surface area contributed by atoms with Crippen LogP contribution in [0.5, 0.6) is 5.75 Å². The largest absolute Gasteiger partial charge is 0.492 e. The number of carbonyl (C=O) groups excluding carboxylic acids is 1. The van der Waals surface area contributed by atoms with Gasteiger partial charge in [0.25, 0.3) is 15.9 Å². The minimum atomic E-state index is -3.92. The highest BCUT2D eigenvalue weighted by atomic mass is 32.2. The number of amides is 1. The topological polar surface area (TPSA) is 96.8 Å². The molecule has 1 aliphatic rings. The van der Waals surface area contributed by atoms with Crippen LogP contribution in [0.1, 0.15) is 24.2 Å². The van der Waals surface area contributed by atoms with Crippen LogP contribution in [0.2, 0.25) is 0 Å². The van der Waals surface area contributed by atoms with Gasteiger partial charge in [0.1, 0.15) is 5.75 Å². The molecule has 1 amide bonds. The highest BCUT2D eigenvalue weighted by molar-refractivity contribution is 7.89. The van der Waals surface area contributed by atoms with Crippen molar-refractivity contribution in [2.45, 2.75) is 25.4 Å². The van der Waals surface area contributed by atoms with E-state index < -0.39 is 15.9 Å². The van der Waals surface area contributed by atoms with Crippen molar-refractivity contribution in [3.8, 4) is 5.75 Å². The molecule has 0 radical (unpaired) electrons. The molecule has 2 heterocycles. The minimum Gasteiger partial charge on any atom is -0.492 e. The summed E-state index contributed by atoms with van der Waals surface area (Å²) in [7, 11) is -3.92. The second kappa shape index (κ2) is 9.97. The number of carbonyl (C=O) groups is 1. The van der Waals surface area contributed by atoms with Crippen molar-refractivity contribution in [2.24, 2.45) is 0 Å². The molecule has 3 rings (SSSR count). The standard InChI is InChI=1S/C21H29N5O4S/c1-4-11-22-20(27)17-16-25(5-2)23-21(17)31(28,29)26-14-12-24(13-15-26)18-9-7-8-10-19(18)30-6-3/h4,7-10,16H,1,5-6,11-15H2,2-3H3,(H,22,27). The molecular formula is C21H29N5O4S. The van der Waals surface area contributed by atoms with Gasteiger partial charge in [-0.3, -0.25) is 9.48 Å². The quantitative estimate of drug-likeness (QED) is 0.588. The van der Waals surface area contributed by atoms with E-state index in [9.17, 15) is 13.2 Å². The molecule has 2 aromatic rings. The first-order chi connectivity index (χ1) is 14.9. The summed E-state index contributed by atoms with van der Waals surface area (Å²) in [5, 5.41) is 6.61. The Hall–Kier alpha value is -2.85. The lowest BCUT2D eigenvalue weighted by Crippen LogP contribution is -2.49. The first-order valence-corrected chi connectivity index (χ1v) is 11.8. The number of aromatic nitrogens is 2. The third kappa shape index (κ3) is 4.91. The van der Waals surface area contributed by atoms with Gasteiger partial charge in [0.05, 0.1) is 17.9 Å². The summed E-state index contributed by atoms with van der Waals surface area (Å²) in [6.45, 7) is 10.2. The smallest absolute Gasteiger partial charge is 0.263 e. The first-order valence-electron chi connectivity index (χ1n) is 10.4. The molecule has 1 saturated heterocycles. The van der Waals surface area contributed by atoms with E-state index in [0.717, 1.165) is 11.4 Å². The van der Waals surface area contributed by atoms with E-state index >= 15 is 0 Å². The van der Waals surface area contributed by atoms with Crippen LogP contribution in [-0.4, -0.2) is 67.7 Å². The van der Waals surface area contributed by atoms with Crippen molar-refractivity contribution < 1.29 is 17.9 Å². The van der Waals surface area contributed by atoms with E-state index in [2.05, 4.69) is 21.9 Å². The highest BCUT2D eigenvalue weighted by Gasteiger charge is 2.35. The summed E-state index contributed by atoms with van der Waals surface area (Å²) < 4.78 is 35.2. The second-order valence-electron chi connectivity index (χ2n) is 6.99. The fraction of sp³-hybridized carbons (Fsp3) is 0.429. The predicted molar refractivity (Wildman–Crippen MR) is 119 cm³/mol. The van der Waals surface area contributed by atoms with Crippen LogP contribution in [0.4, 0.5) is 5.69 Å². The summed E-state index contributed by atoms with van der Waals surface area (Å²) >= 11 is 0. The van der Waals surface area contributed by atoms with Crippen molar-refractivity contribution in [3.63, 3.8) is 0 Å². The average molecular weight is 448 g/mol. The molecule has 1 fully saturated rings. The zero-order valence-electron chi connectivity index (χ0n) is 18.0. The van der Waals surface area contributed by atoms with Gasteiger partial charge in [-0.15, -0.1) is 6.58 Å². The summed E-state index contributed by atoms with van der Waals surface area (Å²) in [5.41, 5.74) is 0.994. The molecule has 1 N–H and O–H groups in total. The number of rotatable bonds is 9. The summed E-state index contributed by atoms with van der Waals surface area (Å²) in [4.78, 5) is 14.6. The molecule has 10 heteroatoms. The van der Waals surface area contributed by atoms with Crippen LogP contribution in [0, 0.1) is 0 Å². The monoisotopic (exact) mass is 447 g/mol. The van der Waals surface area contributed by atoms with Crippen molar-refractivity contribution in [3.05, 3.63) is 48.7 Å². The highest BCUT2D eigenvalue weighted by Crippen LogP contribution is 2.30. The maximum absolute atomic E-state index is 13.3. The molecule has 31 heavy (non-hydrogen) atoms. The van der Waals surface area contributed by atoms with Crippen molar-refractivity contribution in [1.82, 2.24) is 19.4 Å². The second-order valence-corrected chi connectivity index (χ2v) is 8.85. The fourth-order valence-corrected chi connectivity index (χ4v) is 4.98. The van der Waals surface area contributed by atoms with E-state index in [-0.39, 0.29) is 30.2 Å². The zero-order valence-corrected chi connectivity index (χ0v) is 18.8. The van der Waals surface area contributed by atoms with Crippen LogP contribution in [0.3, 0.4) is 0 Å². The SMILES string of the molecule is C=CCNC(=O)c1cn(CC)nc1S(=O)(=O)N1CCN(c2ccccc2OCC)CC1. The first kappa shape index (κ1) is 22.8. The molecule has 9 nitrogen and oxygen atoms in total. The van der Waals surface area contributed by atoms with Crippen molar-refractivity contribution >= 4 is 21.6 Å². The van der Waals surface area contributed by atoms with Crippen molar-refractivity contribution in [1.29, 1.82) is 0 Å². The molecule has 0 bridgehead atoms. The molecule has 1 aromatic heterocycles. The zero-order chi connectivity index (χ0) is 22.4. The van der Waals surface area contributed by atoms with Crippen molar-refractivity contribution in [2.75, 3.05) is 44.2 Å². The maximum Gasteiger partial charge on any atom is 0.263 e. The Labute approximate surface area is 183 Å². The number of para-hydroxylation sites is 2. The Balaban J connectivity index is 1.80. The van der Waals surface area contributed by atoms with E-state index in [1.807, 2.05) is 38.1 Å². The number of nitrogens with zero attached hydrogens (tertiary/aromatic N) is 4. The molecule has 1 aromatic carbocycles. The van der Waals surface area contributed by atoms with Gasteiger partial charge in [0.2, 0.25) is 5.03 Å². The van der Waals surface area contributed by atoms with E-state index in [0.29, 0.717) is 26.2 Å². The van der Waals surface area contributed by atoms with Crippen LogP contribution < -0.4 is 15.0 Å². The van der Waals surface area contributed by atoms with Crippen LogP contribution >= 0.6 is 0 Å². The molecular weight excluding hydrogens is 418 g/mol. The number of nitrogens with one attached hydrogen (secondary N) is 1. The number of benzene rings is 1. The number of hydrogen-bond acceptors (Lipinski definition) is 6. The molecule has 168 valence electrons. The van der Waals surface area contributed by atoms with Gasteiger partial charge in [-0.05, 0) is 26.0 Å². The summed E-state index contributed by atoms with van der Waals surface area (Å²) in [6, 6.07) is 7.73.